The van der Waals surface area contributed by atoms with Crippen LogP contribution in [0.5, 0.6) is 0 Å². The molecule has 0 radical (unpaired) electrons. The summed E-state index contributed by atoms with van der Waals surface area (Å²) in [4.78, 5) is 16.9. The summed E-state index contributed by atoms with van der Waals surface area (Å²) in [6, 6.07) is 0.630. The third-order valence-corrected chi connectivity index (χ3v) is 4.40. The van der Waals surface area contributed by atoms with Crippen LogP contribution in [0.2, 0.25) is 0 Å². The van der Waals surface area contributed by atoms with Crippen molar-refractivity contribution >= 4 is 5.91 Å². The molecule has 0 aliphatic carbocycles. The van der Waals surface area contributed by atoms with Gasteiger partial charge in [0.15, 0.2) is 0 Å². The number of amides is 1. The fourth-order valence-corrected chi connectivity index (χ4v) is 3.08. The van der Waals surface area contributed by atoms with Crippen LogP contribution in [0.15, 0.2) is 11.1 Å². The zero-order chi connectivity index (χ0) is 11.8. The predicted octanol–water partition coefficient (Wildman–Crippen LogP) is 0.213. The molecule has 3 saturated heterocycles. The summed E-state index contributed by atoms with van der Waals surface area (Å²) in [5, 5.41) is 3.20. The molecule has 3 rings (SSSR count). The van der Waals surface area contributed by atoms with E-state index in [0.29, 0.717) is 6.04 Å². The number of carbonyl (C=O) groups excluding carboxylic acids is 1. The van der Waals surface area contributed by atoms with Crippen molar-refractivity contribution in [1.29, 1.82) is 0 Å². The average Bonchev–Trinajstić information content (AvgIpc) is 2.72. The largest absolute Gasteiger partial charge is 0.336 e. The molecule has 1 unspecified atom stereocenters. The molecular weight excluding hydrogens is 214 g/mol. The van der Waals surface area contributed by atoms with Gasteiger partial charge in [-0.1, -0.05) is 0 Å². The summed E-state index contributed by atoms with van der Waals surface area (Å²) < 4.78 is 0. The number of hydrogen-bond acceptors (Lipinski definition) is 3. The van der Waals surface area contributed by atoms with Crippen molar-refractivity contribution in [3.63, 3.8) is 0 Å². The molecule has 0 spiro atoms. The van der Waals surface area contributed by atoms with Gasteiger partial charge in [0, 0.05) is 44.3 Å². The van der Waals surface area contributed by atoms with Gasteiger partial charge >= 0.3 is 0 Å². The van der Waals surface area contributed by atoms with Gasteiger partial charge in [0.05, 0.1) is 0 Å². The zero-order valence-electron chi connectivity index (χ0n) is 10.5. The van der Waals surface area contributed by atoms with Crippen LogP contribution in [0.3, 0.4) is 0 Å². The molecular formula is C13H21N3O. The third-order valence-electron chi connectivity index (χ3n) is 4.40. The van der Waals surface area contributed by atoms with Crippen LogP contribution in [0.25, 0.3) is 0 Å². The summed E-state index contributed by atoms with van der Waals surface area (Å²) in [7, 11) is 0. The molecule has 0 saturated carbocycles. The molecule has 0 aromatic heterocycles. The first kappa shape index (κ1) is 11.2. The molecule has 1 atom stereocenters. The summed E-state index contributed by atoms with van der Waals surface area (Å²) in [5.41, 5.74) is 2.28. The highest BCUT2D eigenvalue weighted by Gasteiger charge is 2.33. The molecule has 4 heteroatoms. The molecule has 4 nitrogen and oxygen atoms in total. The first-order valence-corrected chi connectivity index (χ1v) is 6.68. The summed E-state index contributed by atoms with van der Waals surface area (Å²) in [5.74, 6) is 0.271. The normalized spacial score (nSPS) is 28.9. The van der Waals surface area contributed by atoms with Gasteiger partial charge in [0.2, 0.25) is 5.91 Å². The number of piperazine rings is 1. The van der Waals surface area contributed by atoms with Crippen LogP contribution in [0.4, 0.5) is 0 Å². The van der Waals surface area contributed by atoms with Crippen molar-refractivity contribution in [2.75, 3.05) is 39.3 Å². The second-order valence-corrected chi connectivity index (χ2v) is 5.42. The van der Waals surface area contributed by atoms with Gasteiger partial charge in [0.1, 0.15) is 0 Å². The van der Waals surface area contributed by atoms with E-state index in [2.05, 4.69) is 15.1 Å². The Balaban J connectivity index is 1.66. The van der Waals surface area contributed by atoms with E-state index in [-0.39, 0.29) is 5.91 Å². The first-order valence-electron chi connectivity index (χ1n) is 6.68. The number of nitrogens with one attached hydrogen (secondary N) is 1. The van der Waals surface area contributed by atoms with E-state index in [1.807, 2.05) is 6.92 Å². The van der Waals surface area contributed by atoms with Crippen LogP contribution in [-0.2, 0) is 4.79 Å². The molecule has 1 amide bonds. The average molecular weight is 235 g/mol. The standard InChI is InChI=1S/C13H21N3O/c1-10(11-7-14-8-11)13(17)16-6-5-15-4-2-3-12(15)9-16/h12,14H,2-9H2,1H3. The minimum atomic E-state index is 0.271. The van der Waals surface area contributed by atoms with Gasteiger partial charge in [-0.15, -0.1) is 0 Å². The topological polar surface area (TPSA) is 35.6 Å². The summed E-state index contributed by atoms with van der Waals surface area (Å²) >= 11 is 0. The second-order valence-electron chi connectivity index (χ2n) is 5.42. The van der Waals surface area contributed by atoms with Crippen molar-refractivity contribution in [2.45, 2.75) is 25.8 Å². The molecule has 3 aliphatic heterocycles. The molecule has 17 heavy (non-hydrogen) atoms. The number of hydrogen-bond donors (Lipinski definition) is 1. The molecule has 3 aliphatic rings. The lowest BCUT2D eigenvalue weighted by Gasteiger charge is -2.38. The quantitative estimate of drug-likeness (QED) is 0.660. The smallest absolute Gasteiger partial charge is 0.249 e. The monoisotopic (exact) mass is 235 g/mol. The number of carbonyl (C=O) groups is 1. The Morgan fingerprint density at radius 2 is 2.12 bits per heavy atom. The van der Waals surface area contributed by atoms with Gasteiger partial charge in [-0.2, -0.15) is 0 Å². The summed E-state index contributed by atoms with van der Waals surface area (Å²) in [6.45, 7) is 7.94. The van der Waals surface area contributed by atoms with Crippen molar-refractivity contribution in [3.05, 3.63) is 11.1 Å². The number of fused-ring (bicyclic) bond motifs is 1. The maximum Gasteiger partial charge on any atom is 0.249 e. The minimum absolute atomic E-state index is 0.271. The Morgan fingerprint density at radius 3 is 2.82 bits per heavy atom. The highest BCUT2D eigenvalue weighted by atomic mass is 16.2. The number of nitrogens with zero attached hydrogens (tertiary/aromatic N) is 2. The third kappa shape index (κ3) is 2.00. The molecule has 0 bridgehead atoms. The lowest BCUT2D eigenvalue weighted by Crippen LogP contribution is -2.52. The molecule has 3 fully saturated rings. The Labute approximate surface area is 103 Å². The highest BCUT2D eigenvalue weighted by molar-refractivity contribution is 5.94. The van der Waals surface area contributed by atoms with Crippen molar-refractivity contribution in [2.24, 2.45) is 0 Å². The van der Waals surface area contributed by atoms with Gasteiger partial charge in [0.25, 0.3) is 0 Å². The Morgan fingerprint density at radius 1 is 1.29 bits per heavy atom. The fraction of sp³-hybridized carbons (Fsp3) is 0.769. The van der Waals surface area contributed by atoms with Crippen LogP contribution >= 0.6 is 0 Å². The maximum atomic E-state index is 12.3. The van der Waals surface area contributed by atoms with Gasteiger partial charge in [-0.3, -0.25) is 9.69 Å². The molecule has 0 aromatic carbocycles. The Bertz CT molecular complexity index is 358. The van der Waals surface area contributed by atoms with E-state index < -0.39 is 0 Å². The van der Waals surface area contributed by atoms with Gasteiger partial charge in [-0.25, -0.2) is 0 Å². The Kier molecular flexibility index (Phi) is 2.92. The molecule has 0 aromatic rings. The first-order chi connectivity index (χ1) is 8.25. The van der Waals surface area contributed by atoms with E-state index in [1.165, 1.54) is 25.0 Å². The van der Waals surface area contributed by atoms with Crippen molar-refractivity contribution in [3.8, 4) is 0 Å². The fourth-order valence-electron chi connectivity index (χ4n) is 3.08. The molecule has 1 N–H and O–H groups in total. The lowest BCUT2D eigenvalue weighted by molar-refractivity contribution is -0.129. The summed E-state index contributed by atoms with van der Waals surface area (Å²) in [6.07, 6.45) is 2.57. The van der Waals surface area contributed by atoms with Crippen molar-refractivity contribution < 1.29 is 4.79 Å². The van der Waals surface area contributed by atoms with E-state index in [1.54, 1.807) is 0 Å². The molecule has 94 valence electrons. The molecule has 3 heterocycles. The zero-order valence-corrected chi connectivity index (χ0v) is 10.5. The maximum absolute atomic E-state index is 12.3. The van der Waals surface area contributed by atoms with Crippen LogP contribution in [0.1, 0.15) is 19.8 Å². The van der Waals surface area contributed by atoms with E-state index in [0.717, 1.165) is 38.3 Å². The SMILES string of the molecule is CC(C(=O)N1CCN2CCCC2C1)=C1CNC1. The van der Waals surface area contributed by atoms with Gasteiger partial charge < -0.3 is 10.2 Å². The van der Waals surface area contributed by atoms with Gasteiger partial charge in [-0.05, 0) is 31.9 Å². The van der Waals surface area contributed by atoms with Crippen LogP contribution < -0.4 is 5.32 Å². The van der Waals surface area contributed by atoms with Crippen LogP contribution in [0, 0.1) is 0 Å². The second kappa shape index (κ2) is 4.42. The number of rotatable bonds is 1. The lowest BCUT2D eigenvalue weighted by atomic mass is 10.0. The van der Waals surface area contributed by atoms with E-state index >= 15 is 0 Å². The van der Waals surface area contributed by atoms with Crippen LogP contribution in [-0.4, -0.2) is 61.0 Å². The Hall–Kier alpha value is -0.870. The van der Waals surface area contributed by atoms with E-state index in [4.69, 9.17) is 0 Å². The minimum Gasteiger partial charge on any atom is -0.336 e. The highest BCUT2D eigenvalue weighted by Crippen LogP contribution is 2.23. The predicted molar refractivity (Wildman–Crippen MR) is 66.7 cm³/mol. The van der Waals surface area contributed by atoms with E-state index in [9.17, 15) is 4.79 Å². The van der Waals surface area contributed by atoms with Crippen molar-refractivity contribution in [1.82, 2.24) is 15.1 Å².